The molecule has 1 unspecified atom stereocenters. The van der Waals surface area contributed by atoms with Gasteiger partial charge in [-0.3, -0.25) is 14.0 Å². The molecule has 0 aliphatic rings. The predicted octanol–water partition coefficient (Wildman–Crippen LogP) is 5.17. The molecule has 2 aromatic carbocycles. The van der Waals surface area contributed by atoms with E-state index in [-0.39, 0.29) is 11.3 Å². The van der Waals surface area contributed by atoms with Gasteiger partial charge >= 0.3 is 0 Å². The zero-order chi connectivity index (χ0) is 22.9. The second kappa shape index (κ2) is 8.59. The van der Waals surface area contributed by atoms with Crippen molar-refractivity contribution in [2.24, 2.45) is 0 Å². The number of hydrogen-bond donors (Lipinski definition) is 1. The third-order valence-electron chi connectivity index (χ3n) is 5.15. The van der Waals surface area contributed by atoms with E-state index >= 15 is 0 Å². The van der Waals surface area contributed by atoms with E-state index in [4.69, 9.17) is 4.84 Å². The average Bonchev–Trinajstić information content (AvgIpc) is 3.12. The Kier molecular flexibility index (Phi) is 5.84. The Bertz CT molecular complexity index is 1310. The first-order valence-electron chi connectivity index (χ1n) is 10.2. The molecule has 4 aromatic rings. The van der Waals surface area contributed by atoms with Crippen molar-refractivity contribution in [2.45, 2.75) is 31.1 Å². The van der Waals surface area contributed by atoms with E-state index in [0.29, 0.717) is 22.0 Å². The number of benzene rings is 2. The van der Waals surface area contributed by atoms with Crippen LogP contribution >= 0.6 is 0 Å². The lowest BCUT2D eigenvalue weighted by molar-refractivity contribution is 0.0989. The number of nitrogens with one attached hydrogen (secondary N) is 1. The van der Waals surface area contributed by atoms with Gasteiger partial charge in [0.2, 0.25) is 0 Å². The highest BCUT2D eigenvalue weighted by Crippen LogP contribution is 2.30. The van der Waals surface area contributed by atoms with Crippen molar-refractivity contribution in [3.63, 3.8) is 0 Å². The van der Waals surface area contributed by atoms with Gasteiger partial charge in [0.05, 0.1) is 26.9 Å². The Balaban J connectivity index is 1.77. The lowest BCUT2D eigenvalue weighted by Gasteiger charge is -2.21. The monoisotopic (exact) mass is 447 g/mol. The molecule has 32 heavy (non-hydrogen) atoms. The molecule has 0 fully saturated rings. The summed E-state index contributed by atoms with van der Waals surface area (Å²) in [7, 11) is -1.26. The molecule has 2 aromatic heterocycles. The number of fused-ring (bicyclic) bond motifs is 1. The Morgan fingerprint density at radius 2 is 1.75 bits per heavy atom. The molecule has 164 valence electrons. The molecule has 0 aliphatic carbocycles. The van der Waals surface area contributed by atoms with Gasteiger partial charge in [-0.15, -0.1) is 0 Å². The Labute approximate surface area is 189 Å². The first-order valence-corrected chi connectivity index (χ1v) is 11.8. The van der Waals surface area contributed by atoms with Crippen LogP contribution in [0, 0.1) is 0 Å². The topological polar surface area (TPSA) is 73.2 Å². The van der Waals surface area contributed by atoms with Crippen molar-refractivity contribution in [2.75, 3.05) is 11.6 Å². The van der Waals surface area contributed by atoms with Crippen LogP contribution in [0.5, 0.6) is 5.75 Å². The standard InChI is InChI=1S/C25H25N3O3S/c1-25(2,3)18-9-10-23(32(4)30)20(16-18)27-24(29)22-15-17-7-5-6-8-21(17)28(22)31-19-11-13-26-14-12-19/h5-16H,1-4H3,(H,27,29). The van der Waals surface area contributed by atoms with Crippen LogP contribution in [0.3, 0.4) is 0 Å². The van der Waals surface area contributed by atoms with Gasteiger partial charge in [0.25, 0.3) is 5.91 Å². The van der Waals surface area contributed by atoms with Crippen LogP contribution in [-0.2, 0) is 16.2 Å². The van der Waals surface area contributed by atoms with Gasteiger partial charge in [0.1, 0.15) is 5.69 Å². The lowest BCUT2D eigenvalue weighted by Crippen LogP contribution is -2.21. The maximum absolute atomic E-state index is 13.4. The summed E-state index contributed by atoms with van der Waals surface area (Å²) in [6, 6.07) is 18.5. The first-order chi connectivity index (χ1) is 15.2. The minimum absolute atomic E-state index is 0.118. The van der Waals surface area contributed by atoms with Crippen molar-refractivity contribution >= 4 is 33.3 Å². The van der Waals surface area contributed by atoms with Crippen molar-refractivity contribution < 1.29 is 13.8 Å². The van der Waals surface area contributed by atoms with Crippen LogP contribution in [0.4, 0.5) is 5.69 Å². The van der Waals surface area contributed by atoms with E-state index in [1.807, 2.05) is 42.5 Å². The molecule has 0 saturated heterocycles. The summed E-state index contributed by atoms with van der Waals surface area (Å²) < 4.78 is 13.8. The number of carbonyl (C=O) groups is 1. The minimum Gasteiger partial charge on any atom is -0.374 e. The van der Waals surface area contributed by atoms with Gasteiger partial charge in [-0.25, -0.2) is 0 Å². The summed E-state index contributed by atoms with van der Waals surface area (Å²) in [5, 5.41) is 3.83. The smallest absolute Gasteiger partial charge is 0.275 e. The molecule has 1 amide bonds. The number of para-hydroxylation sites is 1. The highest BCUT2D eigenvalue weighted by molar-refractivity contribution is 7.84. The van der Waals surface area contributed by atoms with Crippen LogP contribution in [0.15, 0.2) is 78.0 Å². The Morgan fingerprint density at radius 1 is 1.03 bits per heavy atom. The molecule has 4 rings (SSSR count). The van der Waals surface area contributed by atoms with E-state index in [0.717, 1.165) is 16.5 Å². The van der Waals surface area contributed by atoms with Gasteiger partial charge in [-0.05, 0) is 35.2 Å². The average molecular weight is 448 g/mol. The summed E-state index contributed by atoms with van der Waals surface area (Å²) >= 11 is 0. The number of aromatic nitrogens is 2. The molecule has 0 spiro atoms. The van der Waals surface area contributed by atoms with E-state index in [9.17, 15) is 9.00 Å². The Morgan fingerprint density at radius 3 is 2.44 bits per heavy atom. The largest absolute Gasteiger partial charge is 0.374 e. The molecule has 0 radical (unpaired) electrons. The SMILES string of the molecule is CS(=O)c1ccc(C(C)(C)C)cc1NC(=O)c1cc2ccccc2n1Oc1ccncc1. The summed E-state index contributed by atoms with van der Waals surface area (Å²) in [6.07, 6.45) is 4.86. The summed E-state index contributed by atoms with van der Waals surface area (Å²) in [4.78, 5) is 24.0. The van der Waals surface area contributed by atoms with Gasteiger partial charge in [0, 0.05) is 36.2 Å². The Hall–Kier alpha value is -3.45. The molecule has 0 aliphatic heterocycles. The zero-order valence-corrected chi connectivity index (χ0v) is 19.3. The number of carbonyl (C=O) groups excluding carboxylic acids is 1. The molecule has 7 heteroatoms. The van der Waals surface area contributed by atoms with Gasteiger partial charge in [0.15, 0.2) is 5.75 Å². The van der Waals surface area contributed by atoms with E-state index in [2.05, 4.69) is 31.1 Å². The summed E-state index contributed by atoms with van der Waals surface area (Å²) in [6.45, 7) is 6.28. The van der Waals surface area contributed by atoms with Gasteiger partial charge in [-0.1, -0.05) is 45.0 Å². The number of pyridine rings is 1. The second-order valence-electron chi connectivity index (χ2n) is 8.53. The third-order valence-corrected chi connectivity index (χ3v) is 6.12. The zero-order valence-electron chi connectivity index (χ0n) is 18.5. The quantitative estimate of drug-likeness (QED) is 0.458. The van der Waals surface area contributed by atoms with E-state index in [1.165, 1.54) is 4.73 Å². The number of rotatable bonds is 5. The van der Waals surface area contributed by atoms with Crippen LogP contribution in [0.2, 0.25) is 0 Å². The molecular formula is C25H25N3O3S. The maximum atomic E-state index is 13.4. The molecule has 1 N–H and O–H groups in total. The van der Waals surface area contributed by atoms with Crippen LogP contribution in [-0.4, -0.2) is 26.1 Å². The summed E-state index contributed by atoms with van der Waals surface area (Å²) in [5.74, 6) is 0.202. The molecular weight excluding hydrogens is 422 g/mol. The normalized spacial score (nSPS) is 12.5. The third kappa shape index (κ3) is 4.43. The van der Waals surface area contributed by atoms with Crippen molar-refractivity contribution in [3.8, 4) is 5.75 Å². The van der Waals surface area contributed by atoms with Crippen LogP contribution in [0.1, 0.15) is 36.8 Å². The highest BCUT2D eigenvalue weighted by atomic mass is 32.2. The fourth-order valence-corrected chi connectivity index (χ4v) is 4.10. The number of amides is 1. The van der Waals surface area contributed by atoms with Gasteiger partial charge < -0.3 is 10.2 Å². The first kappa shape index (κ1) is 21.8. The fraction of sp³-hybridized carbons (Fsp3) is 0.200. The van der Waals surface area contributed by atoms with Crippen molar-refractivity contribution in [1.82, 2.24) is 9.71 Å². The summed E-state index contributed by atoms with van der Waals surface area (Å²) in [5.41, 5.74) is 2.54. The number of nitrogens with zero attached hydrogens (tertiary/aromatic N) is 2. The molecule has 6 nitrogen and oxygen atoms in total. The molecule has 2 heterocycles. The maximum Gasteiger partial charge on any atom is 0.275 e. The number of hydrogen-bond acceptors (Lipinski definition) is 4. The highest BCUT2D eigenvalue weighted by Gasteiger charge is 2.21. The second-order valence-corrected chi connectivity index (χ2v) is 9.87. The fourth-order valence-electron chi connectivity index (χ4n) is 3.42. The van der Waals surface area contributed by atoms with E-state index < -0.39 is 10.8 Å². The van der Waals surface area contributed by atoms with Crippen LogP contribution in [0.25, 0.3) is 10.9 Å². The molecule has 1 atom stereocenters. The number of anilines is 1. The molecule has 0 saturated carbocycles. The minimum atomic E-state index is -1.26. The lowest BCUT2D eigenvalue weighted by atomic mass is 9.87. The van der Waals surface area contributed by atoms with Gasteiger partial charge in [-0.2, -0.15) is 4.73 Å². The van der Waals surface area contributed by atoms with Crippen molar-refractivity contribution in [3.05, 3.63) is 84.3 Å². The van der Waals surface area contributed by atoms with Crippen molar-refractivity contribution in [1.29, 1.82) is 0 Å². The van der Waals surface area contributed by atoms with E-state index in [1.54, 1.807) is 36.8 Å². The predicted molar refractivity (Wildman–Crippen MR) is 128 cm³/mol. The van der Waals surface area contributed by atoms with Crippen LogP contribution < -0.4 is 10.2 Å². The molecule has 0 bridgehead atoms.